The maximum atomic E-state index is 5.96. The maximum absolute atomic E-state index is 5.96. The quantitative estimate of drug-likeness (QED) is 0.831. The molecule has 1 heterocycles. The Morgan fingerprint density at radius 3 is 2.73 bits per heavy atom. The summed E-state index contributed by atoms with van der Waals surface area (Å²) in [4.78, 5) is 4.02. The number of hydrogen-bond donors (Lipinski definition) is 1. The van der Waals surface area contributed by atoms with Gasteiger partial charge in [-0.25, -0.2) is 4.98 Å². The minimum absolute atomic E-state index is 0. The standard InChI is InChI=1S/C10H15N3.2ClH/c1-8-2-3-9(6-10(8)11)13-5-4-12-7-13;;/h4-8,10H,2-3,11H2,1H3;2*1H. The molecule has 1 aromatic rings. The predicted molar refractivity (Wildman–Crippen MR) is 67.4 cm³/mol. The molecule has 0 radical (unpaired) electrons. The van der Waals surface area contributed by atoms with Crippen LogP contribution in [0.25, 0.3) is 5.70 Å². The summed E-state index contributed by atoms with van der Waals surface area (Å²) in [5, 5.41) is 0. The van der Waals surface area contributed by atoms with Crippen molar-refractivity contribution >= 4 is 30.5 Å². The van der Waals surface area contributed by atoms with Gasteiger partial charge in [-0.15, -0.1) is 24.8 Å². The normalized spacial score (nSPS) is 24.8. The van der Waals surface area contributed by atoms with E-state index in [2.05, 4.69) is 18.0 Å². The summed E-state index contributed by atoms with van der Waals surface area (Å²) >= 11 is 0. The van der Waals surface area contributed by atoms with E-state index >= 15 is 0 Å². The van der Waals surface area contributed by atoms with Crippen molar-refractivity contribution in [1.29, 1.82) is 0 Å². The summed E-state index contributed by atoms with van der Waals surface area (Å²) in [5.74, 6) is 0.604. The van der Waals surface area contributed by atoms with Crippen LogP contribution in [-0.4, -0.2) is 15.6 Å². The average Bonchev–Trinajstić information content (AvgIpc) is 2.62. The van der Waals surface area contributed by atoms with Crippen LogP contribution in [0.3, 0.4) is 0 Å². The Bertz CT molecular complexity index is 308. The van der Waals surface area contributed by atoms with Gasteiger partial charge in [0.2, 0.25) is 0 Å². The summed E-state index contributed by atoms with van der Waals surface area (Å²) < 4.78 is 2.05. The van der Waals surface area contributed by atoms with Crippen molar-refractivity contribution in [1.82, 2.24) is 9.55 Å². The third-order valence-electron chi connectivity index (χ3n) is 2.73. The lowest BCUT2D eigenvalue weighted by molar-refractivity contribution is 0.466. The molecular weight excluding hydrogens is 233 g/mol. The van der Waals surface area contributed by atoms with Crippen molar-refractivity contribution < 1.29 is 0 Å². The monoisotopic (exact) mass is 249 g/mol. The Morgan fingerprint density at radius 2 is 2.20 bits per heavy atom. The maximum Gasteiger partial charge on any atom is 0.0989 e. The summed E-state index contributed by atoms with van der Waals surface area (Å²) in [6.45, 7) is 2.20. The smallest absolute Gasteiger partial charge is 0.0989 e. The van der Waals surface area contributed by atoms with E-state index in [0.717, 1.165) is 6.42 Å². The zero-order valence-electron chi connectivity index (χ0n) is 8.67. The van der Waals surface area contributed by atoms with Crippen molar-refractivity contribution in [2.75, 3.05) is 0 Å². The van der Waals surface area contributed by atoms with Crippen LogP contribution in [0.4, 0.5) is 0 Å². The van der Waals surface area contributed by atoms with Crippen molar-refractivity contribution in [2.24, 2.45) is 11.7 Å². The highest BCUT2D eigenvalue weighted by Crippen LogP contribution is 2.24. The van der Waals surface area contributed by atoms with Crippen LogP contribution in [-0.2, 0) is 0 Å². The van der Waals surface area contributed by atoms with E-state index in [0.29, 0.717) is 5.92 Å². The fourth-order valence-corrected chi connectivity index (χ4v) is 1.68. The molecule has 86 valence electrons. The topological polar surface area (TPSA) is 43.8 Å². The highest BCUT2D eigenvalue weighted by atomic mass is 35.5. The number of hydrogen-bond acceptors (Lipinski definition) is 2. The zero-order valence-corrected chi connectivity index (χ0v) is 10.3. The molecule has 0 saturated carbocycles. The molecule has 3 nitrogen and oxygen atoms in total. The molecule has 2 rings (SSSR count). The van der Waals surface area contributed by atoms with Crippen molar-refractivity contribution in [3.05, 3.63) is 24.8 Å². The molecule has 1 aromatic heterocycles. The molecule has 0 saturated heterocycles. The lowest BCUT2D eigenvalue weighted by atomic mass is 9.90. The van der Waals surface area contributed by atoms with E-state index in [1.165, 1.54) is 12.1 Å². The van der Waals surface area contributed by atoms with Crippen LogP contribution in [0, 0.1) is 5.92 Å². The van der Waals surface area contributed by atoms with Crippen LogP contribution in [0.15, 0.2) is 24.8 Å². The predicted octanol–water partition coefficient (Wildman–Crippen LogP) is 2.32. The molecule has 0 spiro atoms. The molecule has 0 aliphatic heterocycles. The number of aromatic nitrogens is 2. The SMILES string of the molecule is CC1CCC(n2ccnc2)=CC1N.Cl.Cl. The Labute approximate surface area is 103 Å². The molecule has 2 unspecified atom stereocenters. The minimum atomic E-state index is 0. The summed E-state index contributed by atoms with van der Waals surface area (Å²) in [7, 11) is 0. The van der Waals surface area contributed by atoms with Gasteiger partial charge >= 0.3 is 0 Å². The van der Waals surface area contributed by atoms with Gasteiger partial charge in [-0.3, -0.25) is 0 Å². The van der Waals surface area contributed by atoms with Crippen LogP contribution >= 0.6 is 24.8 Å². The molecule has 0 fully saturated rings. The first kappa shape index (κ1) is 14.5. The molecule has 0 aromatic carbocycles. The minimum Gasteiger partial charge on any atom is -0.324 e. The van der Waals surface area contributed by atoms with Crippen LogP contribution < -0.4 is 5.73 Å². The fraction of sp³-hybridized carbons (Fsp3) is 0.500. The molecule has 1 aliphatic carbocycles. The molecule has 0 bridgehead atoms. The van der Waals surface area contributed by atoms with Gasteiger partial charge < -0.3 is 10.3 Å². The first-order valence-corrected chi connectivity index (χ1v) is 4.72. The first-order valence-electron chi connectivity index (χ1n) is 4.72. The van der Waals surface area contributed by atoms with Gasteiger partial charge in [0.15, 0.2) is 0 Å². The number of imidazole rings is 1. The van der Waals surface area contributed by atoms with E-state index in [-0.39, 0.29) is 30.9 Å². The number of nitrogens with two attached hydrogens (primary N) is 1. The molecule has 2 N–H and O–H groups in total. The summed E-state index contributed by atoms with van der Waals surface area (Å²) in [6, 6.07) is 0.200. The third kappa shape index (κ3) is 3.23. The average molecular weight is 250 g/mol. The van der Waals surface area contributed by atoms with Crippen LogP contribution in [0.2, 0.25) is 0 Å². The second-order valence-electron chi connectivity index (χ2n) is 3.72. The molecular formula is C10H17Cl2N3. The zero-order chi connectivity index (χ0) is 9.26. The fourth-order valence-electron chi connectivity index (χ4n) is 1.68. The van der Waals surface area contributed by atoms with Crippen molar-refractivity contribution in [3.63, 3.8) is 0 Å². The van der Waals surface area contributed by atoms with Gasteiger partial charge in [-0.05, 0) is 24.8 Å². The number of halogens is 2. The van der Waals surface area contributed by atoms with Crippen molar-refractivity contribution in [3.8, 4) is 0 Å². The Kier molecular flexibility index (Phi) is 5.95. The van der Waals surface area contributed by atoms with Crippen LogP contribution in [0.1, 0.15) is 19.8 Å². The van der Waals surface area contributed by atoms with E-state index < -0.39 is 0 Å². The van der Waals surface area contributed by atoms with Crippen LogP contribution in [0.5, 0.6) is 0 Å². The molecule has 2 atom stereocenters. The number of rotatable bonds is 1. The first-order chi connectivity index (χ1) is 6.27. The molecule has 1 aliphatic rings. The summed E-state index contributed by atoms with van der Waals surface area (Å²) in [5.41, 5.74) is 7.25. The largest absolute Gasteiger partial charge is 0.324 e. The van der Waals surface area contributed by atoms with E-state index in [9.17, 15) is 0 Å². The third-order valence-corrected chi connectivity index (χ3v) is 2.73. The van der Waals surface area contributed by atoms with Gasteiger partial charge in [-0.2, -0.15) is 0 Å². The molecule has 0 amide bonds. The molecule has 15 heavy (non-hydrogen) atoms. The van der Waals surface area contributed by atoms with E-state index in [1.54, 1.807) is 6.20 Å². The number of nitrogens with zero attached hydrogens (tertiary/aromatic N) is 2. The van der Waals surface area contributed by atoms with Gasteiger partial charge in [-0.1, -0.05) is 6.92 Å². The van der Waals surface area contributed by atoms with Crippen molar-refractivity contribution in [2.45, 2.75) is 25.8 Å². The van der Waals surface area contributed by atoms with E-state index in [1.807, 2.05) is 17.1 Å². The second kappa shape index (κ2) is 6.16. The Hall–Kier alpha value is -0.510. The molecule has 5 heteroatoms. The Balaban J connectivity index is 0.000000980. The highest BCUT2D eigenvalue weighted by molar-refractivity contribution is 5.85. The highest BCUT2D eigenvalue weighted by Gasteiger charge is 2.17. The van der Waals surface area contributed by atoms with Gasteiger partial charge in [0.05, 0.1) is 6.33 Å². The van der Waals surface area contributed by atoms with Gasteiger partial charge in [0.25, 0.3) is 0 Å². The summed E-state index contributed by atoms with van der Waals surface area (Å²) in [6.07, 6.45) is 10.0. The van der Waals surface area contributed by atoms with Gasteiger partial charge in [0, 0.05) is 24.1 Å². The Morgan fingerprint density at radius 1 is 1.47 bits per heavy atom. The number of allylic oxidation sites excluding steroid dienone is 1. The lowest BCUT2D eigenvalue weighted by Gasteiger charge is -2.24. The van der Waals surface area contributed by atoms with Gasteiger partial charge in [0.1, 0.15) is 0 Å². The van der Waals surface area contributed by atoms with E-state index in [4.69, 9.17) is 5.73 Å². The lowest BCUT2D eigenvalue weighted by Crippen LogP contribution is -2.29. The second-order valence-corrected chi connectivity index (χ2v) is 3.72.